The molecule has 0 aliphatic carbocycles. The average molecular weight is 424 g/mol. The third-order valence-corrected chi connectivity index (χ3v) is 5.91. The van der Waals surface area contributed by atoms with Gasteiger partial charge in [0.1, 0.15) is 17.2 Å². The van der Waals surface area contributed by atoms with Crippen molar-refractivity contribution in [3.8, 4) is 11.4 Å². The van der Waals surface area contributed by atoms with E-state index in [0.29, 0.717) is 22.7 Å². The van der Waals surface area contributed by atoms with Gasteiger partial charge in [-0.1, -0.05) is 6.07 Å². The van der Waals surface area contributed by atoms with Crippen LogP contribution in [-0.4, -0.2) is 34.1 Å². The van der Waals surface area contributed by atoms with Crippen molar-refractivity contribution >= 4 is 38.7 Å². The first-order valence-electron chi connectivity index (χ1n) is 9.56. The maximum absolute atomic E-state index is 14.4. The fraction of sp³-hybridized carbons (Fsp3) is 0.190. The number of thiophene rings is 1. The molecule has 30 heavy (non-hydrogen) atoms. The van der Waals surface area contributed by atoms with E-state index >= 15 is 0 Å². The molecule has 3 aromatic heterocycles. The van der Waals surface area contributed by atoms with Crippen molar-refractivity contribution < 1.29 is 8.78 Å². The van der Waals surface area contributed by atoms with Crippen LogP contribution < -0.4 is 16.0 Å². The van der Waals surface area contributed by atoms with Crippen LogP contribution >= 0.6 is 11.3 Å². The zero-order chi connectivity index (χ0) is 20.5. The number of fused-ring (bicyclic) bond motifs is 1. The number of halogens is 2. The molecule has 1 saturated heterocycles. The van der Waals surface area contributed by atoms with Crippen LogP contribution in [0.1, 0.15) is 6.42 Å². The largest absolute Gasteiger partial charge is 0.365 e. The van der Waals surface area contributed by atoms with E-state index in [1.54, 1.807) is 18.2 Å². The molecular formula is C21H18F2N6S. The number of anilines is 3. The van der Waals surface area contributed by atoms with E-state index in [1.807, 2.05) is 5.38 Å². The van der Waals surface area contributed by atoms with Crippen molar-refractivity contribution in [3.63, 3.8) is 0 Å². The number of hydrogen-bond acceptors (Lipinski definition) is 7. The van der Waals surface area contributed by atoms with Crippen LogP contribution in [0, 0.1) is 11.6 Å². The number of rotatable bonds is 5. The second-order valence-corrected chi connectivity index (χ2v) is 7.93. The molecule has 5 rings (SSSR count). The van der Waals surface area contributed by atoms with Crippen molar-refractivity contribution in [1.82, 2.24) is 20.3 Å². The summed E-state index contributed by atoms with van der Waals surface area (Å²) in [5.41, 5.74) is 2.26. The van der Waals surface area contributed by atoms with Gasteiger partial charge >= 0.3 is 0 Å². The Bertz CT molecular complexity index is 1210. The quantitative estimate of drug-likeness (QED) is 0.437. The van der Waals surface area contributed by atoms with E-state index in [-0.39, 0.29) is 23.2 Å². The molecular weight excluding hydrogens is 406 g/mol. The Kier molecular flexibility index (Phi) is 4.97. The summed E-state index contributed by atoms with van der Waals surface area (Å²) in [4.78, 5) is 13.1. The minimum absolute atomic E-state index is 0.236. The maximum Gasteiger partial charge on any atom is 0.165 e. The summed E-state index contributed by atoms with van der Waals surface area (Å²) in [7, 11) is 0. The van der Waals surface area contributed by atoms with E-state index < -0.39 is 5.82 Å². The molecule has 1 aromatic carbocycles. The Morgan fingerprint density at radius 3 is 2.90 bits per heavy atom. The van der Waals surface area contributed by atoms with Crippen molar-refractivity contribution in [2.24, 2.45) is 0 Å². The predicted molar refractivity (Wildman–Crippen MR) is 115 cm³/mol. The van der Waals surface area contributed by atoms with Crippen molar-refractivity contribution in [2.45, 2.75) is 12.5 Å². The third-order valence-electron chi connectivity index (χ3n) is 4.93. The van der Waals surface area contributed by atoms with Gasteiger partial charge in [-0.05, 0) is 37.2 Å². The second kappa shape index (κ2) is 7.92. The summed E-state index contributed by atoms with van der Waals surface area (Å²) in [6.45, 7) is 1.78. The van der Waals surface area contributed by atoms with E-state index in [1.165, 1.54) is 29.7 Å². The molecule has 0 bridgehead atoms. The number of pyridine rings is 1. The lowest BCUT2D eigenvalue weighted by Crippen LogP contribution is -2.23. The molecule has 9 heteroatoms. The topological polar surface area (TPSA) is 74.8 Å². The fourth-order valence-electron chi connectivity index (χ4n) is 3.47. The molecule has 1 atom stereocenters. The van der Waals surface area contributed by atoms with E-state index in [0.717, 1.165) is 30.4 Å². The highest BCUT2D eigenvalue weighted by molar-refractivity contribution is 7.18. The van der Waals surface area contributed by atoms with Crippen molar-refractivity contribution in [3.05, 3.63) is 59.7 Å². The van der Waals surface area contributed by atoms with E-state index in [4.69, 9.17) is 0 Å². The molecule has 3 N–H and O–H groups in total. The van der Waals surface area contributed by atoms with Gasteiger partial charge in [-0.25, -0.2) is 18.7 Å². The van der Waals surface area contributed by atoms with Crippen LogP contribution in [0.25, 0.3) is 21.6 Å². The Morgan fingerprint density at radius 1 is 1.17 bits per heavy atom. The van der Waals surface area contributed by atoms with Gasteiger partial charge in [0.05, 0.1) is 22.1 Å². The molecule has 1 fully saturated rings. The molecule has 4 heterocycles. The van der Waals surface area contributed by atoms with E-state index in [2.05, 4.69) is 30.9 Å². The Hall–Kier alpha value is -3.17. The Labute approximate surface area is 175 Å². The maximum atomic E-state index is 14.4. The molecule has 4 aromatic rings. The van der Waals surface area contributed by atoms with Crippen molar-refractivity contribution in [1.29, 1.82) is 0 Å². The molecule has 0 amide bonds. The monoisotopic (exact) mass is 424 g/mol. The molecule has 0 radical (unpaired) electrons. The molecule has 0 saturated carbocycles. The number of nitrogens with one attached hydrogen (secondary N) is 3. The molecule has 1 unspecified atom stereocenters. The van der Waals surface area contributed by atoms with Gasteiger partial charge in [0, 0.05) is 29.9 Å². The number of nitrogens with zero attached hydrogens (tertiary/aromatic N) is 3. The zero-order valence-electron chi connectivity index (χ0n) is 15.8. The van der Waals surface area contributed by atoms with Crippen LogP contribution in [0.3, 0.4) is 0 Å². The minimum Gasteiger partial charge on any atom is -0.365 e. The minimum atomic E-state index is -0.486. The summed E-state index contributed by atoms with van der Waals surface area (Å²) >= 11 is 1.49. The van der Waals surface area contributed by atoms with E-state index in [9.17, 15) is 8.78 Å². The first-order valence-corrected chi connectivity index (χ1v) is 10.4. The van der Waals surface area contributed by atoms with Crippen molar-refractivity contribution in [2.75, 3.05) is 23.7 Å². The smallest absolute Gasteiger partial charge is 0.165 e. The Balaban J connectivity index is 1.62. The first-order chi connectivity index (χ1) is 14.7. The molecule has 152 valence electrons. The number of benzene rings is 1. The van der Waals surface area contributed by atoms with Gasteiger partial charge in [-0.3, -0.25) is 4.98 Å². The summed E-state index contributed by atoms with van der Waals surface area (Å²) in [6.07, 6.45) is 3.64. The van der Waals surface area contributed by atoms with Crippen LogP contribution in [-0.2, 0) is 0 Å². The highest BCUT2D eigenvalue weighted by atomic mass is 32.1. The summed E-state index contributed by atoms with van der Waals surface area (Å²) in [5.74, 6) is 0.124. The van der Waals surface area contributed by atoms with Gasteiger partial charge < -0.3 is 16.0 Å². The number of aromatic nitrogens is 3. The third kappa shape index (κ3) is 3.69. The summed E-state index contributed by atoms with van der Waals surface area (Å²) < 4.78 is 28.9. The normalized spacial score (nSPS) is 16.1. The number of hydrogen-bond donors (Lipinski definition) is 3. The van der Waals surface area contributed by atoms with Crippen LogP contribution in [0.5, 0.6) is 0 Å². The predicted octanol–water partition coefficient (Wildman–Crippen LogP) is 4.55. The van der Waals surface area contributed by atoms with Crippen LogP contribution in [0.2, 0.25) is 0 Å². The average Bonchev–Trinajstić information content (AvgIpc) is 3.39. The SMILES string of the molecule is Fc1cccc(Nc2csc3c(NC4CCNC4)nc(-c4ccncc4F)nc23)c1. The van der Waals surface area contributed by atoms with Gasteiger partial charge in [-0.2, -0.15) is 0 Å². The highest BCUT2D eigenvalue weighted by Gasteiger charge is 2.20. The molecule has 1 aliphatic rings. The summed E-state index contributed by atoms with van der Waals surface area (Å²) in [6, 6.07) is 8.02. The zero-order valence-corrected chi connectivity index (χ0v) is 16.6. The summed E-state index contributed by atoms with van der Waals surface area (Å²) in [5, 5.41) is 11.9. The Morgan fingerprint density at radius 2 is 2.10 bits per heavy atom. The first kappa shape index (κ1) is 18.8. The van der Waals surface area contributed by atoms with Crippen LogP contribution in [0.4, 0.5) is 26.0 Å². The van der Waals surface area contributed by atoms with Gasteiger partial charge in [-0.15, -0.1) is 11.3 Å². The lowest BCUT2D eigenvalue weighted by molar-refractivity contribution is 0.623. The highest BCUT2D eigenvalue weighted by Crippen LogP contribution is 2.37. The lowest BCUT2D eigenvalue weighted by Gasteiger charge is -2.14. The molecule has 0 spiro atoms. The standard InChI is InChI=1S/C21H18F2N6S/c22-12-2-1-3-13(8-12)26-17-11-30-19-18(17)28-20(15-5-7-25-10-16(15)23)29-21(19)27-14-4-6-24-9-14/h1-3,5,7-8,10-11,14,24,26H,4,6,9H2,(H,27,28,29). The van der Waals surface area contributed by atoms with Gasteiger partial charge in [0.2, 0.25) is 0 Å². The second-order valence-electron chi connectivity index (χ2n) is 7.05. The molecule has 6 nitrogen and oxygen atoms in total. The van der Waals surface area contributed by atoms with Crippen LogP contribution in [0.15, 0.2) is 48.1 Å². The molecule has 1 aliphatic heterocycles. The lowest BCUT2D eigenvalue weighted by atomic mass is 10.2. The van der Waals surface area contributed by atoms with Gasteiger partial charge in [0.25, 0.3) is 0 Å². The fourth-order valence-corrected chi connectivity index (χ4v) is 4.36. The van der Waals surface area contributed by atoms with Gasteiger partial charge in [0.15, 0.2) is 11.6 Å².